The molecule has 0 unspecified atom stereocenters. The largest absolute Gasteiger partial charge is 0.478 e. The quantitative estimate of drug-likeness (QED) is 0.831. The summed E-state index contributed by atoms with van der Waals surface area (Å²) in [6.07, 6.45) is 0. The van der Waals surface area contributed by atoms with Crippen molar-refractivity contribution >= 4 is 5.97 Å². The highest BCUT2D eigenvalue weighted by molar-refractivity contribution is 5.88. The summed E-state index contributed by atoms with van der Waals surface area (Å²) in [4.78, 5) is 24.2. The zero-order chi connectivity index (χ0) is 12.4. The first-order valence-electron chi connectivity index (χ1n) is 4.80. The van der Waals surface area contributed by atoms with E-state index < -0.39 is 17.3 Å². The Morgan fingerprint density at radius 1 is 1.24 bits per heavy atom. The summed E-state index contributed by atoms with van der Waals surface area (Å²) in [6.45, 7) is 0. The Bertz CT molecular complexity index is 634. The normalized spacial score (nSPS) is 10.2. The number of aromatic carboxylic acids is 1. The molecule has 0 aliphatic rings. The zero-order valence-corrected chi connectivity index (χ0v) is 8.61. The van der Waals surface area contributed by atoms with Crippen molar-refractivity contribution in [3.8, 4) is 11.3 Å². The van der Waals surface area contributed by atoms with Gasteiger partial charge < -0.3 is 10.1 Å². The van der Waals surface area contributed by atoms with Gasteiger partial charge in [0.1, 0.15) is 5.82 Å². The molecule has 0 atom stereocenters. The molecule has 1 aromatic carbocycles. The van der Waals surface area contributed by atoms with Crippen LogP contribution in [0, 0.1) is 5.82 Å². The van der Waals surface area contributed by atoms with E-state index in [0.717, 1.165) is 12.1 Å². The lowest BCUT2D eigenvalue weighted by Gasteiger charge is -2.03. The fourth-order valence-electron chi connectivity index (χ4n) is 1.47. The predicted octanol–water partition coefficient (Wildman–Crippen LogP) is 1.88. The Morgan fingerprint density at radius 2 is 2.00 bits per heavy atom. The van der Waals surface area contributed by atoms with Crippen LogP contribution in [-0.4, -0.2) is 16.1 Å². The van der Waals surface area contributed by atoms with Gasteiger partial charge in [0.05, 0.1) is 5.56 Å². The Labute approximate surface area is 95.4 Å². The number of H-pyrrole nitrogens is 1. The van der Waals surface area contributed by atoms with Crippen molar-refractivity contribution in [1.29, 1.82) is 0 Å². The first kappa shape index (κ1) is 11.1. The summed E-state index contributed by atoms with van der Waals surface area (Å²) in [5.74, 6) is -2.16. The number of pyridine rings is 1. The molecular formula is C12H8FNO3. The third-order valence-corrected chi connectivity index (χ3v) is 2.28. The number of rotatable bonds is 2. The maximum absolute atomic E-state index is 13.4. The van der Waals surface area contributed by atoms with Crippen molar-refractivity contribution in [2.45, 2.75) is 0 Å². The highest BCUT2D eigenvalue weighted by atomic mass is 19.1. The number of hydrogen-bond donors (Lipinski definition) is 2. The Balaban J connectivity index is 2.52. The fourth-order valence-corrected chi connectivity index (χ4v) is 1.47. The highest BCUT2D eigenvalue weighted by Gasteiger charge is 2.11. The Kier molecular flexibility index (Phi) is 2.74. The lowest BCUT2D eigenvalue weighted by atomic mass is 10.1. The first-order chi connectivity index (χ1) is 8.08. The molecule has 0 spiro atoms. The zero-order valence-electron chi connectivity index (χ0n) is 8.61. The molecule has 4 nitrogen and oxygen atoms in total. The minimum absolute atomic E-state index is 0.301. The van der Waals surface area contributed by atoms with Gasteiger partial charge in [-0.25, -0.2) is 9.18 Å². The molecule has 0 aliphatic heterocycles. The molecule has 0 aliphatic carbocycles. The van der Waals surface area contributed by atoms with Crippen LogP contribution >= 0.6 is 0 Å². The second-order valence-corrected chi connectivity index (χ2v) is 3.43. The molecule has 5 heteroatoms. The third kappa shape index (κ3) is 2.23. The summed E-state index contributed by atoms with van der Waals surface area (Å²) >= 11 is 0. The number of aromatic amines is 1. The van der Waals surface area contributed by atoms with Crippen LogP contribution in [0.4, 0.5) is 4.39 Å². The van der Waals surface area contributed by atoms with E-state index in [1.807, 2.05) is 0 Å². The van der Waals surface area contributed by atoms with Gasteiger partial charge in [-0.15, -0.1) is 0 Å². The summed E-state index contributed by atoms with van der Waals surface area (Å²) in [5.41, 5.74) is 0.163. The van der Waals surface area contributed by atoms with Crippen LogP contribution in [0.15, 0.2) is 41.2 Å². The van der Waals surface area contributed by atoms with Crippen LogP contribution in [0.3, 0.4) is 0 Å². The molecule has 0 radical (unpaired) electrons. The minimum Gasteiger partial charge on any atom is -0.478 e. The molecule has 17 heavy (non-hydrogen) atoms. The molecule has 0 saturated carbocycles. The van der Waals surface area contributed by atoms with Crippen LogP contribution < -0.4 is 5.56 Å². The highest BCUT2D eigenvalue weighted by Crippen LogP contribution is 2.19. The van der Waals surface area contributed by atoms with E-state index in [0.29, 0.717) is 11.3 Å². The van der Waals surface area contributed by atoms with E-state index in [1.54, 1.807) is 6.07 Å². The molecule has 2 aromatic rings. The number of hydrogen-bond acceptors (Lipinski definition) is 2. The molecule has 0 fully saturated rings. The summed E-state index contributed by atoms with van der Waals surface area (Å²) in [7, 11) is 0. The van der Waals surface area contributed by atoms with Crippen LogP contribution in [0.5, 0.6) is 0 Å². The van der Waals surface area contributed by atoms with E-state index in [9.17, 15) is 14.0 Å². The first-order valence-corrected chi connectivity index (χ1v) is 4.80. The van der Waals surface area contributed by atoms with Crippen molar-refractivity contribution in [3.63, 3.8) is 0 Å². The molecule has 86 valence electrons. The van der Waals surface area contributed by atoms with Gasteiger partial charge in [0, 0.05) is 17.3 Å². The summed E-state index contributed by atoms with van der Waals surface area (Å²) in [5, 5.41) is 8.67. The molecule has 0 bridgehead atoms. The molecular weight excluding hydrogens is 225 g/mol. The lowest BCUT2D eigenvalue weighted by Crippen LogP contribution is -2.04. The van der Waals surface area contributed by atoms with Crippen LogP contribution in [0.25, 0.3) is 11.3 Å². The average molecular weight is 233 g/mol. The van der Waals surface area contributed by atoms with Crippen molar-refractivity contribution < 1.29 is 14.3 Å². The van der Waals surface area contributed by atoms with E-state index in [1.165, 1.54) is 18.2 Å². The van der Waals surface area contributed by atoms with E-state index in [2.05, 4.69) is 4.98 Å². The number of carboxylic acids is 1. The van der Waals surface area contributed by atoms with Crippen molar-refractivity contribution in [2.75, 3.05) is 0 Å². The monoisotopic (exact) mass is 233 g/mol. The second-order valence-electron chi connectivity index (χ2n) is 3.43. The third-order valence-electron chi connectivity index (χ3n) is 2.28. The molecule has 0 saturated heterocycles. The van der Waals surface area contributed by atoms with Crippen molar-refractivity contribution in [1.82, 2.24) is 4.98 Å². The van der Waals surface area contributed by atoms with Crippen LogP contribution in [0.2, 0.25) is 0 Å². The van der Waals surface area contributed by atoms with Crippen molar-refractivity contribution in [2.24, 2.45) is 0 Å². The van der Waals surface area contributed by atoms with Gasteiger partial charge in [0.2, 0.25) is 5.56 Å². The smallest absolute Gasteiger partial charge is 0.338 e. The molecule has 0 amide bonds. The SMILES string of the molecule is O=C(O)c1ccc(-c2cccc(=O)[nH]2)cc1F. The summed E-state index contributed by atoms with van der Waals surface area (Å²) < 4.78 is 13.4. The van der Waals surface area contributed by atoms with Gasteiger partial charge in [0.25, 0.3) is 0 Å². The van der Waals surface area contributed by atoms with Crippen LogP contribution in [-0.2, 0) is 0 Å². The Morgan fingerprint density at radius 3 is 2.59 bits per heavy atom. The number of carbonyl (C=O) groups is 1. The van der Waals surface area contributed by atoms with Gasteiger partial charge in [-0.05, 0) is 18.2 Å². The second kappa shape index (κ2) is 4.21. The molecule has 1 aromatic heterocycles. The van der Waals surface area contributed by atoms with Gasteiger partial charge in [0.15, 0.2) is 0 Å². The Hall–Kier alpha value is -2.43. The molecule has 2 rings (SSSR count). The minimum atomic E-state index is -1.32. The molecule has 1 heterocycles. The van der Waals surface area contributed by atoms with E-state index in [-0.39, 0.29) is 5.56 Å². The topological polar surface area (TPSA) is 70.2 Å². The van der Waals surface area contributed by atoms with Gasteiger partial charge in [-0.1, -0.05) is 12.1 Å². The number of halogens is 1. The number of nitrogens with one attached hydrogen (secondary N) is 1. The molecule has 2 N–H and O–H groups in total. The maximum atomic E-state index is 13.4. The van der Waals surface area contributed by atoms with Crippen LogP contribution in [0.1, 0.15) is 10.4 Å². The standard InChI is InChI=1S/C12H8FNO3/c13-9-6-7(4-5-8(9)12(16)17)10-2-1-3-11(15)14-10/h1-6H,(H,14,15)(H,16,17). The van der Waals surface area contributed by atoms with E-state index >= 15 is 0 Å². The maximum Gasteiger partial charge on any atom is 0.338 e. The van der Waals surface area contributed by atoms with Gasteiger partial charge >= 0.3 is 5.97 Å². The average Bonchev–Trinajstić information content (AvgIpc) is 2.28. The van der Waals surface area contributed by atoms with E-state index in [4.69, 9.17) is 5.11 Å². The van der Waals surface area contributed by atoms with Gasteiger partial charge in [-0.3, -0.25) is 4.79 Å². The number of benzene rings is 1. The number of carboxylic acid groups (broad SMARTS) is 1. The predicted molar refractivity (Wildman–Crippen MR) is 59.4 cm³/mol. The summed E-state index contributed by atoms with van der Waals surface area (Å²) in [6, 6.07) is 8.17. The fraction of sp³-hybridized carbons (Fsp3) is 0. The number of aromatic nitrogens is 1. The van der Waals surface area contributed by atoms with Crippen molar-refractivity contribution in [3.05, 3.63) is 58.1 Å². The lowest BCUT2D eigenvalue weighted by molar-refractivity contribution is 0.0692. The van der Waals surface area contributed by atoms with Gasteiger partial charge in [-0.2, -0.15) is 0 Å².